The summed E-state index contributed by atoms with van der Waals surface area (Å²) < 4.78 is 11.5. The maximum atomic E-state index is 13.0. The third kappa shape index (κ3) is 4.52. The summed E-state index contributed by atoms with van der Waals surface area (Å²) in [5, 5.41) is 4.79. The van der Waals surface area contributed by atoms with Gasteiger partial charge in [0.25, 0.3) is 5.91 Å². The van der Waals surface area contributed by atoms with Crippen LogP contribution in [0, 0.1) is 0 Å². The van der Waals surface area contributed by atoms with Crippen LogP contribution in [0.15, 0.2) is 65.8 Å². The molecule has 4 aromatic rings. The van der Waals surface area contributed by atoms with Crippen LogP contribution >= 0.6 is 22.9 Å². The van der Waals surface area contributed by atoms with E-state index in [0.29, 0.717) is 32.6 Å². The Kier molecular flexibility index (Phi) is 6.16. The molecule has 0 fully saturated rings. The Balaban J connectivity index is 1.75. The number of carbonyl (C=O) groups is 1. The number of benzene rings is 2. The van der Waals surface area contributed by atoms with Gasteiger partial charge in [-0.1, -0.05) is 29.8 Å². The predicted molar refractivity (Wildman–Crippen MR) is 125 cm³/mol. The number of carbonyl (C=O) groups excluding carboxylic acids is 1. The highest BCUT2D eigenvalue weighted by molar-refractivity contribution is 7.17. The molecular formula is C23H18ClN3O3S. The molecule has 0 aliphatic heterocycles. The van der Waals surface area contributed by atoms with Crippen LogP contribution < -0.4 is 14.9 Å². The molecule has 1 amide bonds. The van der Waals surface area contributed by atoms with Gasteiger partial charge in [-0.25, -0.2) is 10.4 Å². The predicted octanol–water partition coefficient (Wildman–Crippen LogP) is 5.40. The van der Waals surface area contributed by atoms with Crippen molar-refractivity contribution in [2.75, 3.05) is 14.2 Å². The monoisotopic (exact) mass is 451 g/mol. The van der Waals surface area contributed by atoms with E-state index in [-0.39, 0.29) is 5.91 Å². The number of fused-ring (bicyclic) bond motifs is 1. The molecule has 4 rings (SSSR count). The fourth-order valence-corrected chi connectivity index (χ4v) is 4.06. The number of halogens is 1. The number of hydrogen-bond acceptors (Lipinski definition) is 6. The van der Waals surface area contributed by atoms with Crippen molar-refractivity contribution in [2.45, 2.75) is 0 Å². The number of para-hydroxylation sites is 1. The number of hydrogen-bond donors (Lipinski definition) is 1. The number of nitrogens with zero attached hydrogens (tertiary/aromatic N) is 2. The van der Waals surface area contributed by atoms with Gasteiger partial charge in [-0.2, -0.15) is 5.10 Å². The van der Waals surface area contributed by atoms with E-state index in [1.54, 1.807) is 38.6 Å². The van der Waals surface area contributed by atoms with Gasteiger partial charge in [-0.05, 0) is 42.5 Å². The first-order chi connectivity index (χ1) is 15.1. The van der Waals surface area contributed by atoms with Gasteiger partial charge >= 0.3 is 0 Å². The summed E-state index contributed by atoms with van der Waals surface area (Å²) >= 11 is 7.30. The Morgan fingerprint density at radius 3 is 2.68 bits per heavy atom. The quantitative estimate of drug-likeness (QED) is 0.315. The van der Waals surface area contributed by atoms with Crippen LogP contribution in [0.2, 0.25) is 4.34 Å². The molecule has 2 aromatic heterocycles. The van der Waals surface area contributed by atoms with Crippen LogP contribution in [-0.4, -0.2) is 31.3 Å². The van der Waals surface area contributed by atoms with E-state index < -0.39 is 0 Å². The summed E-state index contributed by atoms with van der Waals surface area (Å²) in [6.45, 7) is 0. The normalized spacial score (nSPS) is 11.1. The van der Waals surface area contributed by atoms with Gasteiger partial charge in [0.2, 0.25) is 0 Å². The standard InChI is InChI=1S/C23H18ClN3O3S/c1-29-14-7-9-21(30-2)18(11-14)20-12-17(16-5-3-4-6-19(16)26-20)23(28)27-25-13-15-8-10-22(24)31-15/h3-13H,1-2H3,(H,27,28)/b25-13+. The lowest BCUT2D eigenvalue weighted by molar-refractivity contribution is 0.0956. The summed E-state index contributed by atoms with van der Waals surface area (Å²) in [6.07, 6.45) is 1.56. The van der Waals surface area contributed by atoms with Crippen LogP contribution in [0.25, 0.3) is 22.2 Å². The van der Waals surface area contributed by atoms with Gasteiger partial charge in [-0.3, -0.25) is 4.79 Å². The molecule has 0 radical (unpaired) electrons. The molecule has 0 bridgehead atoms. The lowest BCUT2D eigenvalue weighted by atomic mass is 10.0. The first kappa shape index (κ1) is 20.8. The Hall–Kier alpha value is -3.42. The molecule has 31 heavy (non-hydrogen) atoms. The van der Waals surface area contributed by atoms with Crippen LogP contribution in [-0.2, 0) is 0 Å². The van der Waals surface area contributed by atoms with Gasteiger partial charge < -0.3 is 9.47 Å². The number of rotatable bonds is 6. The maximum absolute atomic E-state index is 13.0. The van der Waals surface area contributed by atoms with Gasteiger partial charge in [0.1, 0.15) is 11.5 Å². The van der Waals surface area contributed by atoms with Gasteiger partial charge in [-0.15, -0.1) is 11.3 Å². The van der Waals surface area contributed by atoms with Gasteiger partial charge in [0.15, 0.2) is 0 Å². The molecule has 0 unspecified atom stereocenters. The SMILES string of the molecule is COc1ccc(OC)c(-c2cc(C(=O)N/N=C/c3ccc(Cl)s3)c3ccccc3n2)c1. The third-order valence-electron chi connectivity index (χ3n) is 4.60. The van der Waals surface area contributed by atoms with Crippen molar-refractivity contribution in [3.8, 4) is 22.8 Å². The third-order valence-corrected chi connectivity index (χ3v) is 5.76. The van der Waals surface area contributed by atoms with Crippen molar-refractivity contribution < 1.29 is 14.3 Å². The number of methoxy groups -OCH3 is 2. The molecule has 2 aromatic carbocycles. The number of nitrogens with one attached hydrogen (secondary N) is 1. The van der Waals surface area contributed by atoms with Crippen molar-refractivity contribution in [3.63, 3.8) is 0 Å². The Morgan fingerprint density at radius 2 is 1.94 bits per heavy atom. The largest absolute Gasteiger partial charge is 0.497 e. The van der Waals surface area contributed by atoms with Crippen LogP contribution in [0.1, 0.15) is 15.2 Å². The summed E-state index contributed by atoms with van der Waals surface area (Å²) in [4.78, 5) is 18.6. The van der Waals surface area contributed by atoms with E-state index in [1.807, 2.05) is 42.5 Å². The van der Waals surface area contributed by atoms with Crippen molar-refractivity contribution in [3.05, 3.63) is 75.4 Å². The zero-order chi connectivity index (χ0) is 21.8. The molecule has 0 atom stereocenters. The van der Waals surface area contributed by atoms with E-state index in [4.69, 9.17) is 26.1 Å². The molecule has 0 spiro atoms. The van der Waals surface area contributed by atoms with E-state index in [0.717, 1.165) is 15.8 Å². The van der Waals surface area contributed by atoms with E-state index in [9.17, 15) is 4.79 Å². The number of ether oxygens (including phenoxy) is 2. The summed E-state index contributed by atoms with van der Waals surface area (Å²) in [7, 11) is 3.18. The second-order valence-corrected chi connectivity index (χ2v) is 8.23. The van der Waals surface area contributed by atoms with E-state index >= 15 is 0 Å². The number of amides is 1. The molecule has 8 heteroatoms. The van der Waals surface area contributed by atoms with Crippen molar-refractivity contribution in [1.82, 2.24) is 10.4 Å². The Bertz CT molecular complexity index is 1290. The van der Waals surface area contributed by atoms with Crippen LogP contribution in [0.5, 0.6) is 11.5 Å². The van der Waals surface area contributed by atoms with E-state index in [1.165, 1.54) is 11.3 Å². The number of hydrazone groups is 1. The fraction of sp³-hybridized carbons (Fsp3) is 0.0870. The van der Waals surface area contributed by atoms with Crippen LogP contribution in [0.4, 0.5) is 0 Å². The Labute approximate surface area is 188 Å². The zero-order valence-electron chi connectivity index (χ0n) is 16.8. The highest BCUT2D eigenvalue weighted by atomic mass is 35.5. The minimum atomic E-state index is -0.347. The molecule has 0 saturated carbocycles. The molecule has 0 aliphatic rings. The second-order valence-electron chi connectivity index (χ2n) is 6.48. The minimum Gasteiger partial charge on any atom is -0.497 e. The summed E-state index contributed by atoms with van der Waals surface area (Å²) in [6, 6.07) is 18.2. The number of pyridine rings is 1. The first-order valence-corrected chi connectivity index (χ1v) is 10.5. The van der Waals surface area contributed by atoms with Crippen molar-refractivity contribution in [1.29, 1.82) is 0 Å². The zero-order valence-corrected chi connectivity index (χ0v) is 18.3. The average Bonchev–Trinajstić information content (AvgIpc) is 3.22. The van der Waals surface area contributed by atoms with Gasteiger partial charge in [0.05, 0.1) is 41.5 Å². The molecule has 0 saturated heterocycles. The summed E-state index contributed by atoms with van der Waals surface area (Å²) in [5.41, 5.74) is 5.04. The highest BCUT2D eigenvalue weighted by Crippen LogP contribution is 2.34. The first-order valence-electron chi connectivity index (χ1n) is 9.30. The smallest absolute Gasteiger partial charge is 0.272 e. The van der Waals surface area contributed by atoms with Gasteiger partial charge in [0, 0.05) is 15.8 Å². The molecular weight excluding hydrogens is 434 g/mol. The number of aromatic nitrogens is 1. The number of thiophene rings is 1. The average molecular weight is 452 g/mol. The molecule has 156 valence electrons. The maximum Gasteiger partial charge on any atom is 0.272 e. The van der Waals surface area contributed by atoms with Crippen molar-refractivity contribution in [2.24, 2.45) is 5.10 Å². The van der Waals surface area contributed by atoms with E-state index in [2.05, 4.69) is 10.5 Å². The molecule has 1 N–H and O–H groups in total. The second kappa shape index (κ2) is 9.16. The van der Waals surface area contributed by atoms with Crippen molar-refractivity contribution >= 4 is 46.0 Å². The lowest BCUT2D eigenvalue weighted by Crippen LogP contribution is -2.18. The molecule has 6 nitrogen and oxygen atoms in total. The Morgan fingerprint density at radius 1 is 1.10 bits per heavy atom. The van der Waals surface area contributed by atoms with Crippen LogP contribution in [0.3, 0.4) is 0 Å². The topological polar surface area (TPSA) is 72.8 Å². The molecule has 2 heterocycles. The molecule has 0 aliphatic carbocycles. The summed E-state index contributed by atoms with van der Waals surface area (Å²) in [5.74, 6) is 0.944. The highest BCUT2D eigenvalue weighted by Gasteiger charge is 2.16. The minimum absolute atomic E-state index is 0.347. The fourth-order valence-electron chi connectivity index (χ4n) is 3.13. The lowest BCUT2D eigenvalue weighted by Gasteiger charge is -2.13.